The number of aliphatic carboxylic acids is 1. The van der Waals surface area contributed by atoms with Crippen LogP contribution in [-0.2, 0) is 17.8 Å². The average molecular weight is 264 g/mol. The molecule has 1 aromatic rings. The zero-order valence-electron chi connectivity index (χ0n) is 12.1. The summed E-state index contributed by atoms with van der Waals surface area (Å²) >= 11 is 0. The van der Waals surface area contributed by atoms with Crippen LogP contribution >= 0.6 is 0 Å². The van der Waals surface area contributed by atoms with E-state index in [1.807, 2.05) is 11.6 Å². The highest BCUT2D eigenvalue weighted by Gasteiger charge is 2.34. The second kappa shape index (κ2) is 5.76. The average Bonchev–Trinajstić information content (AvgIpc) is 2.69. The van der Waals surface area contributed by atoms with Gasteiger partial charge in [-0.1, -0.05) is 6.92 Å². The van der Waals surface area contributed by atoms with Gasteiger partial charge in [0.05, 0.1) is 11.6 Å². The topological polar surface area (TPSA) is 55.1 Å². The number of hydrogen-bond acceptors (Lipinski definition) is 2. The summed E-state index contributed by atoms with van der Waals surface area (Å²) in [4.78, 5) is 11.4. The van der Waals surface area contributed by atoms with Crippen LogP contribution in [0.5, 0.6) is 0 Å². The van der Waals surface area contributed by atoms with Crippen LogP contribution in [0.25, 0.3) is 0 Å². The standard InChI is InChI=1S/C15H24N2O2/c1-4-17-13(8-11(3)16-17)9-12-7-10(2)5-6-14(12)15(18)19/h8,10,12,14H,4-7,9H2,1-3H3,(H,18,19). The zero-order valence-corrected chi connectivity index (χ0v) is 12.1. The van der Waals surface area contributed by atoms with Crippen molar-refractivity contribution >= 4 is 5.97 Å². The van der Waals surface area contributed by atoms with E-state index in [9.17, 15) is 9.90 Å². The summed E-state index contributed by atoms with van der Waals surface area (Å²) in [6.07, 6.45) is 3.72. The lowest BCUT2D eigenvalue weighted by atomic mass is 9.73. The van der Waals surface area contributed by atoms with Gasteiger partial charge in [-0.3, -0.25) is 9.48 Å². The van der Waals surface area contributed by atoms with E-state index in [0.717, 1.165) is 37.9 Å². The van der Waals surface area contributed by atoms with Crippen molar-refractivity contribution in [2.24, 2.45) is 17.8 Å². The maximum Gasteiger partial charge on any atom is 0.306 e. The normalized spacial score (nSPS) is 27.4. The Morgan fingerprint density at radius 2 is 2.26 bits per heavy atom. The maximum atomic E-state index is 11.4. The highest BCUT2D eigenvalue weighted by Crippen LogP contribution is 2.36. The third-order valence-electron chi connectivity index (χ3n) is 4.32. The predicted octanol–water partition coefficient (Wildman–Crippen LogP) is 2.89. The summed E-state index contributed by atoms with van der Waals surface area (Å²) in [5.74, 6) is 0.0789. The number of aromatic nitrogens is 2. The molecule has 0 saturated heterocycles. The summed E-state index contributed by atoms with van der Waals surface area (Å²) in [5.41, 5.74) is 2.21. The molecule has 1 aromatic heterocycles. The molecule has 3 unspecified atom stereocenters. The Balaban J connectivity index is 2.16. The summed E-state index contributed by atoms with van der Waals surface area (Å²) in [6.45, 7) is 7.15. The fourth-order valence-electron chi connectivity index (χ4n) is 3.36. The molecule has 1 saturated carbocycles. The lowest BCUT2D eigenvalue weighted by Crippen LogP contribution is -2.31. The van der Waals surface area contributed by atoms with Gasteiger partial charge < -0.3 is 5.11 Å². The van der Waals surface area contributed by atoms with Crippen LogP contribution in [0.4, 0.5) is 0 Å². The van der Waals surface area contributed by atoms with Gasteiger partial charge in [-0.05, 0) is 57.4 Å². The zero-order chi connectivity index (χ0) is 14.0. The van der Waals surface area contributed by atoms with Gasteiger partial charge >= 0.3 is 5.97 Å². The summed E-state index contributed by atoms with van der Waals surface area (Å²) in [7, 11) is 0. The van der Waals surface area contributed by atoms with E-state index < -0.39 is 5.97 Å². The summed E-state index contributed by atoms with van der Waals surface area (Å²) in [6, 6.07) is 2.10. The van der Waals surface area contributed by atoms with Crippen LogP contribution in [-0.4, -0.2) is 20.9 Å². The van der Waals surface area contributed by atoms with Crippen molar-refractivity contribution in [2.75, 3.05) is 0 Å². The number of carboxylic acid groups (broad SMARTS) is 1. The van der Waals surface area contributed by atoms with E-state index >= 15 is 0 Å². The second-order valence-electron chi connectivity index (χ2n) is 5.92. The fourth-order valence-corrected chi connectivity index (χ4v) is 3.36. The molecule has 0 bridgehead atoms. The van der Waals surface area contributed by atoms with Gasteiger partial charge in [0, 0.05) is 12.2 Å². The lowest BCUT2D eigenvalue weighted by molar-refractivity contribution is -0.145. The van der Waals surface area contributed by atoms with Crippen LogP contribution in [0.3, 0.4) is 0 Å². The summed E-state index contributed by atoms with van der Waals surface area (Å²) < 4.78 is 2.01. The molecule has 0 amide bonds. The molecule has 1 aliphatic rings. The minimum absolute atomic E-state index is 0.184. The molecule has 1 aliphatic carbocycles. The van der Waals surface area contributed by atoms with Crippen molar-refractivity contribution in [3.05, 3.63) is 17.5 Å². The Morgan fingerprint density at radius 3 is 2.89 bits per heavy atom. The van der Waals surface area contributed by atoms with E-state index in [1.165, 1.54) is 5.69 Å². The van der Waals surface area contributed by atoms with Crippen LogP contribution in [0, 0.1) is 24.7 Å². The number of aryl methyl sites for hydroxylation is 2. The van der Waals surface area contributed by atoms with Crippen molar-refractivity contribution in [3.8, 4) is 0 Å². The van der Waals surface area contributed by atoms with Crippen LogP contribution < -0.4 is 0 Å². The number of nitrogens with zero attached hydrogens (tertiary/aromatic N) is 2. The van der Waals surface area contributed by atoms with Crippen molar-refractivity contribution < 1.29 is 9.90 Å². The quantitative estimate of drug-likeness (QED) is 0.909. The second-order valence-corrected chi connectivity index (χ2v) is 5.92. The Kier molecular flexibility index (Phi) is 4.27. The van der Waals surface area contributed by atoms with E-state index in [0.29, 0.717) is 5.92 Å². The Bertz CT molecular complexity index is 453. The molecule has 0 aromatic carbocycles. The van der Waals surface area contributed by atoms with Gasteiger partial charge in [0.25, 0.3) is 0 Å². The van der Waals surface area contributed by atoms with E-state index in [1.54, 1.807) is 0 Å². The van der Waals surface area contributed by atoms with Crippen molar-refractivity contribution in [2.45, 2.75) is 53.0 Å². The number of hydrogen-bond donors (Lipinski definition) is 1. The Morgan fingerprint density at radius 1 is 1.53 bits per heavy atom. The number of carbonyl (C=O) groups is 1. The van der Waals surface area contributed by atoms with Gasteiger partial charge in [0.2, 0.25) is 0 Å². The molecule has 1 heterocycles. The SMILES string of the molecule is CCn1nc(C)cc1CC1CC(C)CCC1C(=O)O. The third kappa shape index (κ3) is 3.17. The maximum absolute atomic E-state index is 11.4. The largest absolute Gasteiger partial charge is 0.481 e. The van der Waals surface area contributed by atoms with Crippen LogP contribution in [0.15, 0.2) is 6.07 Å². The highest BCUT2D eigenvalue weighted by molar-refractivity contribution is 5.70. The first kappa shape index (κ1) is 14.1. The molecule has 1 fully saturated rings. The van der Waals surface area contributed by atoms with Crippen LogP contribution in [0.2, 0.25) is 0 Å². The third-order valence-corrected chi connectivity index (χ3v) is 4.32. The van der Waals surface area contributed by atoms with Crippen molar-refractivity contribution in [3.63, 3.8) is 0 Å². The first-order chi connectivity index (χ1) is 9.01. The molecule has 4 heteroatoms. The smallest absolute Gasteiger partial charge is 0.306 e. The molecular formula is C15H24N2O2. The minimum atomic E-state index is -0.629. The molecule has 0 radical (unpaired) electrons. The number of rotatable bonds is 4. The molecule has 4 nitrogen and oxygen atoms in total. The minimum Gasteiger partial charge on any atom is -0.481 e. The molecule has 106 valence electrons. The fraction of sp³-hybridized carbons (Fsp3) is 0.733. The van der Waals surface area contributed by atoms with Gasteiger partial charge in [0.1, 0.15) is 0 Å². The first-order valence-corrected chi connectivity index (χ1v) is 7.27. The molecular weight excluding hydrogens is 240 g/mol. The van der Waals surface area contributed by atoms with Gasteiger partial charge in [0.15, 0.2) is 0 Å². The predicted molar refractivity (Wildman–Crippen MR) is 74.0 cm³/mol. The lowest BCUT2D eigenvalue weighted by Gasteiger charge is -2.32. The van der Waals surface area contributed by atoms with Gasteiger partial charge in [-0.15, -0.1) is 0 Å². The van der Waals surface area contributed by atoms with E-state index in [4.69, 9.17) is 0 Å². The number of carboxylic acids is 1. The van der Waals surface area contributed by atoms with E-state index in [2.05, 4.69) is 25.0 Å². The van der Waals surface area contributed by atoms with Gasteiger partial charge in [-0.25, -0.2) is 0 Å². The molecule has 0 aliphatic heterocycles. The Labute approximate surface area is 114 Å². The molecule has 3 atom stereocenters. The van der Waals surface area contributed by atoms with Gasteiger partial charge in [-0.2, -0.15) is 5.10 Å². The Hall–Kier alpha value is -1.32. The van der Waals surface area contributed by atoms with Crippen molar-refractivity contribution in [1.29, 1.82) is 0 Å². The highest BCUT2D eigenvalue weighted by atomic mass is 16.4. The van der Waals surface area contributed by atoms with Crippen LogP contribution in [0.1, 0.15) is 44.5 Å². The summed E-state index contributed by atoms with van der Waals surface area (Å²) in [5, 5.41) is 13.8. The van der Waals surface area contributed by atoms with E-state index in [-0.39, 0.29) is 11.8 Å². The molecule has 0 spiro atoms. The monoisotopic (exact) mass is 264 g/mol. The molecule has 19 heavy (non-hydrogen) atoms. The first-order valence-electron chi connectivity index (χ1n) is 7.27. The molecule has 2 rings (SSSR count). The van der Waals surface area contributed by atoms with Crippen molar-refractivity contribution in [1.82, 2.24) is 9.78 Å². The molecule has 1 N–H and O–H groups in total.